The van der Waals surface area contributed by atoms with Crippen molar-refractivity contribution < 1.29 is 28.0 Å². The summed E-state index contributed by atoms with van der Waals surface area (Å²) in [6, 6.07) is 10.5. The van der Waals surface area contributed by atoms with Crippen LogP contribution >= 0.6 is 0 Å². The van der Waals surface area contributed by atoms with Gasteiger partial charge >= 0.3 is 5.91 Å². The Morgan fingerprint density at radius 2 is 1.75 bits per heavy atom. The molecule has 3 N–H and O–H groups in total. The molecule has 5 rings (SSSR count). The van der Waals surface area contributed by atoms with Crippen molar-refractivity contribution in [2.75, 3.05) is 7.11 Å². The van der Waals surface area contributed by atoms with Gasteiger partial charge in [-0.2, -0.15) is 5.10 Å². The van der Waals surface area contributed by atoms with Gasteiger partial charge in [0.05, 0.1) is 25.5 Å². The molecule has 0 atom stereocenters. The van der Waals surface area contributed by atoms with Crippen molar-refractivity contribution in [2.24, 2.45) is 5.10 Å². The van der Waals surface area contributed by atoms with Crippen LogP contribution in [0.2, 0.25) is 0 Å². The smallest absolute Gasteiger partial charge is 0.305 e. The van der Waals surface area contributed by atoms with Gasteiger partial charge in [0.1, 0.15) is 17.1 Å². The average Bonchev–Trinajstić information content (AvgIpc) is 3.51. The maximum absolute atomic E-state index is 12.9. The molecule has 0 spiro atoms. The number of fused-ring (bicyclic) bond motifs is 2. The zero-order chi connectivity index (χ0) is 28.4. The van der Waals surface area contributed by atoms with Gasteiger partial charge in [-0.05, 0) is 75.1 Å². The molecule has 2 heterocycles. The number of rotatable bonds is 6. The second-order valence-electron chi connectivity index (χ2n) is 9.83. The first-order valence-electron chi connectivity index (χ1n) is 12.9. The van der Waals surface area contributed by atoms with E-state index in [0.717, 1.165) is 34.1 Å². The molecular weight excluding hydrogens is 512 g/mol. The first kappa shape index (κ1) is 26.7. The van der Waals surface area contributed by atoms with E-state index >= 15 is 0 Å². The van der Waals surface area contributed by atoms with E-state index in [4.69, 9.17) is 13.6 Å². The summed E-state index contributed by atoms with van der Waals surface area (Å²) in [6.07, 6.45) is 3.74. The van der Waals surface area contributed by atoms with Crippen molar-refractivity contribution in [3.8, 4) is 5.75 Å². The predicted molar refractivity (Wildman–Crippen MR) is 148 cm³/mol. The van der Waals surface area contributed by atoms with E-state index in [1.54, 1.807) is 37.5 Å². The van der Waals surface area contributed by atoms with Crippen LogP contribution in [0, 0.1) is 20.8 Å². The van der Waals surface area contributed by atoms with Crippen molar-refractivity contribution >= 4 is 34.4 Å². The highest BCUT2D eigenvalue weighted by atomic mass is 16.5. The van der Waals surface area contributed by atoms with Crippen molar-refractivity contribution in [3.63, 3.8) is 0 Å². The zero-order valence-corrected chi connectivity index (χ0v) is 22.8. The minimum atomic E-state index is -0.588. The number of nitrogens with zero attached hydrogens (tertiary/aromatic N) is 1. The molecule has 1 aliphatic carbocycles. The number of ether oxygens (including phenoxy) is 1. The molecule has 1 aliphatic rings. The number of carbonyl (C=O) groups excluding carboxylic acids is 3. The second kappa shape index (κ2) is 11.1. The van der Waals surface area contributed by atoms with Crippen LogP contribution in [-0.4, -0.2) is 30.5 Å². The first-order valence-corrected chi connectivity index (χ1v) is 12.9. The molecule has 10 heteroatoms. The van der Waals surface area contributed by atoms with Crippen LogP contribution in [0.4, 0.5) is 0 Å². The molecule has 0 bridgehead atoms. The molecule has 2 aromatic carbocycles. The lowest BCUT2D eigenvalue weighted by molar-refractivity contribution is -0.120. The van der Waals surface area contributed by atoms with Crippen molar-refractivity contribution in [1.82, 2.24) is 16.3 Å². The Morgan fingerprint density at radius 3 is 2.50 bits per heavy atom. The van der Waals surface area contributed by atoms with Crippen LogP contribution in [0.1, 0.15) is 67.3 Å². The summed E-state index contributed by atoms with van der Waals surface area (Å²) in [7, 11) is 1.54. The van der Waals surface area contributed by atoms with Gasteiger partial charge in [-0.15, -0.1) is 0 Å². The molecule has 4 aromatic rings. The Hall–Kier alpha value is -4.86. The van der Waals surface area contributed by atoms with E-state index in [2.05, 4.69) is 27.4 Å². The number of hydrazone groups is 1. The van der Waals surface area contributed by atoms with E-state index in [1.807, 2.05) is 19.9 Å². The Bertz CT molecular complexity index is 1640. The van der Waals surface area contributed by atoms with Crippen LogP contribution in [0.3, 0.4) is 0 Å². The molecule has 0 unspecified atom stereocenters. The number of hydrogen-bond donors (Lipinski definition) is 3. The molecule has 0 saturated heterocycles. The lowest BCUT2D eigenvalue weighted by Crippen LogP contribution is -2.41. The quantitative estimate of drug-likeness (QED) is 0.309. The van der Waals surface area contributed by atoms with Gasteiger partial charge in [0.15, 0.2) is 5.76 Å². The van der Waals surface area contributed by atoms with Crippen LogP contribution in [0.25, 0.3) is 11.0 Å². The van der Waals surface area contributed by atoms with Crippen molar-refractivity contribution in [2.45, 2.75) is 46.5 Å². The van der Waals surface area contributed by atoms with E-state index in [1.165, 1.54) is 7.11 Å². The lowest BCUT2D eigenvalue weighted by atomic mass is 9.93. The highest BCUT2D eigenvalue weighted by molar-refractivity contribution is 6.07. The fourth-order valence-electron chi connectivity index (χ4n) is 5.08. The van der Waals surface area contributed by atoms with Crippen LogP contribution < -0.4 is 21.0 Å². The maximum Gasteiger partial charge on any atom is 0.305 e. The summed E-state index contributed by atoms with van der Waals surface area (Å²) in [4.78, 5) is 38.1. The Kier molecular flexibility index (Phi) is 7.41. The van der Waals surface area contributed by atoms with Crippen molar-refractivity contribution in [1.29, 1.82) is 0 Å². The third-order valence-electron chi connectivity index (χ3n) is 6.93. The summed E-state index contributed by atoms with van der Waals surface area (Å²) < 4.78 is 16.6. The monoisotopic (exact) mass is 542 g/mol. The van der Waals surface area contributed by atoms with Gasteiger partial charge in [0, 0.05) is 34.1 Å². The Morgan fingerprint density at radius 1 is 1.00 bits per heavy atom. The molecule has 3 amide bonds. The number of hydrogen-bond acceptors (Lipinski definition) is 7. The summed E-state index contributed by atoms with van der Waals surface area (Å²) >= 11 is 0. The van der Waals surface area contributed by atoms with Crippen LogP contribution in [0.15, 0.2) is 56.6 Å². The molecule has 206 valence electrons. The Labute approximate surface area is 230 Å². The molecule has 0 fully saturated rings. The topological polar surface area (TPSA) is 135 Å². The van der Waals surface area contributed by atoms with E-state index < -0.39 is 11.8 Å². The van der Waals surface area contributed by atoms with Gasteiger partial charge in [-0.25, -0.2) is 5.43 Å². The SMILES string of the molecule is COc1ccc(C(=O)NNC(=O)c2oc3c(c2C)/C(=N/NC(=O)Cc2coc4cc(C)cc(C)c24)CCC3)cc1. The predicted octanol–water partition coefficient (Wildman–Crippen LogP) is 4.43. The number of amides is 3. The highest BCUT2D eigenvalue weighted by Crippen LogP contribution is 2.30. The number of furan rings is 2. The number of carbonyl (C=O) groups is 3. The summed E-state index contributed by atoms with van der Waals surface area (Å²) in [6.45, 7) is 5.75. The highest BCUT2D eigenvalue weighted by Gasteiger charge is 2.28. The summed E-state index contributed by atoms with van der Waals surface area (Å²) in [5.41, 5.74) is 13.5. The van der Waals surface area contributed by atoms with Gasteiger partial charge in [-0.1, -0.05) is 6.07 Å². The maximum atomic E-state index is 12.9. The minimum absolute atomic E-state index is 0.0802. The van der Waals surface area contributed by atoms with Gasteiger partial charge in [0.25, 0.3) is 5.91 Å². The fourth-order valence-corrected chi connectivity index (χ4v) is 5.08. The Balaban J connectivity index is 1.26. The fraction of sp³-hybridized carbons (Fsp3) is 0.267. The first-order chi connectivity index (χ1) is 19.2. The second-order valence-corrected chi connectivity index (χ2v) is 9.83. The molecule has 2 aromatic heterocycles. The largest absolute Gasteiger partial charge is 0.497 e. The van der Waals surface area contributed by atoms with Gasteiger partial charge < -0.3 is 13.6 Å². The molecule has 0 radical (unpaired) electrons. The zero-order valence-electron chi connectivity index (χ0n) is 22.8. The van der Waals surface area contributed by atoms with E-state index in [-0.39, 0.29) is 18.1 Å². The molecule has 0 saturated carbocycles. The third kappa shape index (κ3) is 5.33. The van der Waals surface area contributed by atoms with E-state index in [9.17, 15) is 14.4 Å². The van der Waals surface area contributed by atoms with Crippen LogP contribution in [-0.2, 0) is 17.6 Å². The third-order valence-corrected chi connectivity index (χ3v) is 6.93. The lowest BCUT2D eigenvalue weighted by Gasteiger charge is -2.13. The molecule has 40 heavy (non-hydrogen) atoms. The van der Waals surface area contributed by atoms with Crippen molar-refractivity contribution in [3.05, 3.63) is 87.6 Å². The average molecular weight is 543 g/mol. The molecule has 10 nitrogen and oxygen atoms in total. The van der Waals surface area contributed by atoms with Crippen LogP contribution in [0.5, 0.6) is 5.75 Å². The van der Waals surface area contributed by atoms with Gasteiger partial charge in [-0.3, -0.25) is 25.2 Å². The molecular formula is C30H30N4O6. The number of methoxy groups -OCH3 is 1. The number of benzene rings is 2. The normalized spacial score (nSPS) is 13.7. The number of aryl methyl sites for hydroxylation is 3. The van der Waals surface area contributed by atoms with Gasteiger partial charge in [0.2, 0.25) is 5.91 Å². The summed E-state index contributed by atoms with van der Waals surface area (Å²) in [5, 5.41) is 5.34. The minimum Gasteiger partial charge on any atom is -0.497 e. The summed E-state index contributed by atoms with van der Waals surface area (Å²) in [5.74, 6) is -0.0270. The standard InChI is InChI=1S/C30H30N4O6/c1-16-12-17(2)26-20(15-39-24(26)13-16)14-25(35)32-31-22-6-5-7-23-27(22)18(3)28(40-23)30(37)34-33-29(36)19-8-10-21(38-4)11-9-19/h8-13,15H,5-7,14H2,1-4H3,(H,32,35)(H,33,36)(H,34,37)/b31-22+. The molecule has 0 aliphatic heterocycles. The number of hydrazine groups is 1. The number of nitrogens with one attached hydrogen (secondary N) is 3. The van der Waals surface area contributed by atoms with E-state index in [0.29, 0.717) is 46.8 Å².